The summed E-state index contributed by atoms with van der Waals surface area (Å²) in [5.74, 6) is -0.280. The Bertz CT molecular complexity index is 806. The molecule has 0 aliphatic carbocycles. The van der Waals surface area contributed by atoms with Gasteiger partial charge in [0.25, 0.3) is 0 Å². The van der Waals surface area contributed by atoms with Gasteiger partial charge in [0, 0.05) is 28.7 Å². The van der Waals surface area contributed by atoms with E-state index in [0.29, 0.717) is 12.2 Å². The van der Waals surface area contributed by atoms with Crippen molar-refractivity contribution in [1.82, 2.24) is 4.57 Å². The van der Waals surface area contributed by atoms with Crippen molar-refractivity contribution < 1.29 is 9.53 Å². The molecule has 0 aliphatic heterocycles. The van der Waals surface area contributed by atoms with E-state index in [1.54, 1.807) is 6.07 Å². The quantitative estimate of drug-likeness (QED) is 0.663. The predicted octanol–water partition coefficient (Wildman–Crippen LogP) is 4.52. The molecular weight excluding hydrogens is 298 g/mol. The Hall–Kier alpha value is -2.26. The van der Waals surface area contributed by atoms with Crippen LogP contribution in [0.15, 0.2) is 54.7 Å². The summed E-state index contributed by atoms with van der Waals surface area (Å²) in [6.07, 6.45) is 1.99. The summed E-state index contributed by atoms with van der Waals surface area (Å²) in [5.41, 5.74) is 2.78. The van der Waals surface area contributed by atoms with E-state index in [-0.39, 0.29) is 5.97 Å². The Morgan fingerprint density at radius 2 is 1.91 bits per heavy atom. The first-order chi connectivity index (χ1) is 10.7. The maximum absolute atomic E-state index is 12.0. The number of carbonyl (C=O) groups excluding carboxylic acids is 1. The molecule has 1 heterocycles. The zero-order valence-electron chi connectivity index (χ0n) is 12.3. The van der Waals surface area contributed by atoms with Crippen LogP contribution in [0.3, 0.4) is 0 Å². The highest BCUT2D eigenvalue weighted by Crippen LogP contribution is 2.22. The lowest BCUT2D eigenvalue weighted by Gasteiger charge is -2.07. The van der Waals surface area contributed by atoms with E-state index in [2.05, 4.69) is 4.57 Å². The minimum Gasteiger partial charge on any atom is -0.462 e. The Balaban J connectivity index is 1.97. The van der Waals surface area contributed by atoms with Crippen molar-refractivity contribution >= 4 is 28.5 Å². The van der Waals surface area contributed by atoms with Gasteiger partial charge in [0.05, 0.1) is 12.2 Å². The molecule has 0 N–H and O–H groups in total. The van der Waals surface area contributed by atoms with Crippen LogP contribution < -0.4 is 0 Å². The molecule has 0 spiro atoms. The Morgan fingerprint density at radius 1 is 1.14 bits per heavy atom. The second kappa shape index (κ2) is 6.24. The molecule has 3 nitrogen and oxygen atoms in total. The molecule has 0 fully saturated rings. The molecule has 3 rings (SSSR count). The van der Waals surface area contributed by atoms with E-state index in [4.69, 9.17) is 16.3 Å². The van der Waals surface area contributed by atoms with Crippen molar-refractivity contribution in [2.45, 2.75) is 13.5 Å². The van der Waals surface area contributed by atoms with Crippen LogP contribution in [-0.2, 0) is 11.3 Å². The number of aromatic nitrogens is 1. The summed E-state index contributed by atoms with van der Waals surface area (Å²) in [6.45, 7) is 2.91. The van der Waals surface area contributed by atoms with Crippen molar-refractivity contribution in [3.63, 3.8) is 0 Å². The van der Waals surface area contributed by atoms with Gasteiger partial charge in [-0.1, -0.05) is 29.8 Å². The summed E-state index contributed by atoms with van der Waals surface area (Å²) in [6, 6.07) is 15.4. The van der Waals surface area contributed by atoms with Crippen LogP contribution in [-0.4, -0.2) is 17.1 Å². The monoisotopic (exact) mass is 313 g/mol. The van der Waals surface area contributed by atoms with Gasteiger partial charge in [0.2, 0.25) is 0 Å². The molecular formula is C18H16ClNO2. The van der Waals surface area contributed by atoms with Crippen molar-refractivity contribution in [1.29, 1.82) is 0 Å². The SMILES string of the molecule is CCOC(=O)c1cccc2c1ccn2Cc1ccc(Cl)cc1. The number of ether oxygens (including phenoxy) is 1. The predicted molar refractivity (Wildman–Crippen MR) is 88.4 cm³/mol. The number of halogens is 1. The molecule has 112 valence electrons. The third-order valence-corrected chi connectivity index (χ3v) is 3.83. The van der Waals surface area contributed by atoms with Crippen LogP contribution in [0, 0.1) is 0 Å². The van der Waals surface area contributed by atoms with Gasteiger partial charge in [0.15, 0.2) is 0 Å². The van der Waals surface area contributed by atoms with Crippen LogP contribution in [0.5, 0.6) is 0 Å². The Morgan fingerprint density at radius 3 is 2.64 bits per heavy atom. The number of hydrogen-bond donors (Lipinski definition) is 0. The van der Waals surface area contributed by atoms with Gasteiger partial charge >= 0.3 is 5.97 Å². The Labute approximate surface area is 134 Å². The molecule has 0 amide bonds. The minimum absolute atomic E-state index is 0.280. The molecule has 22 heavy (non-hydrogen) atoms. The van der Waals surface area contributed by atoms with Gasteiger partial charge in [-0.05, 0) is 42.8 Å². The largest absolute Gasteiger partial charge is 0.462 e. The zero-order chi connectivity index (χ0) is 15.5. The molecule has 1 aromatic heterocycles. The third-order valence-electron chi connectivity index (χ3n) is 3.58. The molecule has 0 bridgehead atoms. The highest BCUT2D eigenvalue weighted by Gasteiger charge is 2.13. The molecule has 3 aromatic rings. The van der Waals surface area contributed by atoms with Crippen LogP contribution >= 0.6 is 11.6 Å². The normalized spacial score (nSPS) is 10.8. The second-order valence-corrected chi connectivity index (χ2v) is 5.47. The maximum Gasteiger partial charge on any atom is 0.338 e. The highest BCUT2D eigenvalue weighted by atomic mass is 35.5. The van der Waals surface area contributed by atoms with Crippen molar-refractivity contribution in [3.8, 4) is 0 Å². The van der Waals surface area contributed by atoms with E-state index in [1.807, 2.05) is 55.6 Å². The molecule has 0 saturated carbocycles. The zero-order valence-corrected chi connectivity index (χ0v) is 13.0. The van der Waals surface area contributed by atoms with Gasteiger partial charge < -0.3 is 9.30 Å². The van der Waals surface area contributed by atoms with Crippen molar-refractivity contribution in [2.24, 2.45) is 0 Å². The number of nitrogens with zero attached hydrogens (tertiary/aromatic N) is 1. The van der Waals surface area contributed by atoms with Gasteiger partial charge in [-0.15, -0.1) is 0 Å². The summed E-state index contributed by atoms with van der Waals surface area (Å²) in [5, 5.41) is 1.64. The maximum atomic E-state index is 12.0. The molecule has 0 saturated heterocycles. The van der Waals surface area contributed by atoms with E-state index in [1.165, 1.54) is 0 Å². The number of rotatable bonds is 4. The second-order valence-electron chi connectivity index (χ2n) is 5.03. The van der Waals surface area contributed by atoms with Crippen LogP contribution in [0.4, 0.5) is 0 Å². The number of hydrogen-bond acceptors (Lipinski definition) is 2. The van der Waals surface area contributed by atoms with Gasteiger partial charge in [-0.3, -0.25) is 0 Å². The molecule has 0 radical (unpaired) electrons. The van der Waals surface area contributed by atoms with Gasteiger partial charge in [-0.25, -0.2) is 4.79 Å². The minimum atomic E-state index is -0.280. The lowest BCUT2D eigenvalue weighted by Crippen LogP contribution is -2.05. The lowest BCUT2D eigenvalue weighted by atomic mass is 10.1. The fraction of sp³-hybridized carbons (Fsp3) is 0.167. The summed E-state index contributed by atoms with van der Waals surface area (Å²) in [7, 11) is 0. The topological polar surface area (TPSA) is 31.2 Å². The summed E-state index contributed by atoms with van der Waals surface area (Å²) >= 11 is 5.92. The first kappa shape index (κ1) is 14.7. The average molecular weight is 314 g/mol. The number of fused-ring (bicyclic) bond motifs is 1. The van der Waals surface area contributed by atoms with E-state index < -0.39 is 0 Å². The fourth-order valence-corrected chi connectivity index (χ4v) is 2.66. The average Bonchev–Trinajstić information content (AvgIpc) is 2.93. The van der Waals surface area contributed by atoms with Crippen molar-refractivity contribution in [2.75, 3.05) is 6.61 Å². The molecule has 2 aromatic carbocycles. The third kappa shape index (κ3) is 2.85. The fourth-order valence-electron chi connectivity index (χ4n) is 2.53. The number of esters is 1. The van der Waals surface area contributed by atoms with Gasteiger partial charge in [-0.2, -0.15) is 0 Å². The first-order valence-corrected chi connectivity index (χ1v) is 7.56. The summed E-state index contributed by atoms with van der Waals surface area (Å²) in [4.78, 5) is 12.0. The molecule has 0 unspecified atom stereocenters. The number of carbonyl (C=O) groups is 1. The molecule has 0 atom stereocenters. The van der Waals surface area contributed by atoms with Crippen LogP contribution in [0.2, 0.25) is 5.02 Å². The standard InChI is InChI=1S/C18H16ClNO2/c1-2-22-18(21)16-4-3-5-17-15(16)10-11-20(17)12-13-6-8-14(19)9-7-13/h3-11H,2,12H2,1H3. The van der Waals surface area contributed by atoms with Crippen molar-refractivity contribution in [3.05, 3.63) is 70.9 Å². The molecule has 4 heteroatoms. The smallest absolute Gasteiger partial charge is 0.338 e. The lowest BCUT2D eigenvalue weighted by molar-refractivity contribution is 0.0528. The molecule has 0 aliphatic rings. The van der Waals surface area contributed by atoms with E-state index >= 15 is 0 Å². The summed E-state index contributed by atoms with van der Waals surface area (Å²) < 4.78 is 7.23. The van der Waals surface area contributed by atoms with E-state index in [0.717, 1.165) is 28.0 Å². The van der Waals surface area contributed by atoms with Crippen LogP contribution in [0.25, 0.3) is 10.9 Å². The van der Waals surface area contributed by atoms with Crippen LogP contribution in [0.1, 0.15) is 22.8 Å². The van der Waals surface area contributed by atoms with Gasteiger partial charge in [0.1, 0.15) is 0 Å². The van der Waals surface area contributed by atoms with E-state index in [9.17, 15) is 4.79 Å². The highest BCUT2D eigenvalue weighted by molar-refractivity contribution is 6.30. The Kier molecular flexibility index (Phi) is 4.16. The first-order valence-electron chi connectivity index (χ1n) is 7.18. The number of benzene rings is 2.